The zero-order chi connectivity index (χ0) is 21.9. The summed E-state index contributed by atoms with van der Waals surface area (Å²) in [5.41, 5.74) is 5.39. The van der Waals surface area contributed by atoms with E-state index in [1.807, 2.05) is 42.2 Å². The largest absolute Gasteiger partial charge is 0.335 e. The van der Waals surface area contributed by atoms with Crippen molar-refractivity contribution < 1.29 is 4.79 Å². The fourth-order valence-corrected chi connectivity index (χ4v) is 4.41. The van der Waals surface area contributed by atoms with Crippen LogP contribution in [0.5, 0.6) is 0 Å². The molecule has 0 spiro atoms. The number of amides is 1. The highest BCUT2D eigenvalue weighted by Crippen LogP contribution is 2.28. The van der Waals surface area contributed by atoms with Crippen LogP contribution >= 0.6 is 0 Å². The zero-order valence-corrected chi connectivity index (χ0v) is 17.9. The highest BCUT2D eigenvalue weighted by atomic mass is 16.2. The maximum Gasteiger partial charge on any atom is 0.257 e. The molecule has 1 atom stereocenters. The summed E-state index contributed by atoms with van der Waals surface area (Å²) in [6.07, 6.45) is 9.23. The van der Waals surface area contributed by atoms with Gasteiger partial charge in [-0.15, -0.1) is 0 Å². The molecule has 3 heterocycles. The Morgan fingerprint density at radius 3 is 2.78 bits per heavy atom. The molecule has 1 aliphatic rings. The molecular formula is C25H24N6O. The second kappa shape index (κ2) is 8.70. The van der Waals surface area contributed by atoms with E-state index in [1.54, 1.807) is 23.4 Å². The maximum absolute atomic E-state index is 13.6. The van der Waals surface area contributed by atoms with Gasteiger partial charge in [-0.2, -0.15) is 15.0 Å². The smallest absolute Gasteiger partial charge is 0.257 e. The summed E-state index contributed by atoms with van der Waals surface area (Å²) in [6.45, 7) is 2.78. The van der Waals surface area contributed by atoms with Crippen molar-refractivity contribution in [1.82, 2.24) is 29.9 Å². The Labute approximate surface area is 186 Å². The second-order valence-electron chi connectivity index (χ2n) is 8.14. The number of rotatable bonds is 5. The molecule has 1 amide bonds. The lowest BCUT2D eigenvalue weighted by Gasteiger charge is -2.25. The molecule has 0 unspecified atom stereocenters. The Kier molecular flexibility index (Phi) is 5.46. The molecule has 32 heavy (non-hydrogen) atoms. The van der Waals surface area contributed by atoms with Gasteiger partial charge in [-0.25, -0.2) is 9.97 Å². The van der Waals surface area contributed by atoms with Gasteiger partial charge in [0.15, 0.2) is 0 Å². The van der Waals surface area contributed by atoms with Crippen LogP contribution in [-0.2, 0) is 6.42 Å². The van der Waals surface area contributed by atoms with Crippen molar-refractivity contribution in [2.24, 2.45) is 0 Å². The molecule has 4 aromatic rings. The molecule has 0 saturated carbocycles. The summed E-state index contributed by atoms with van der Waals surface area (Å²) in [5.74, 6) is -0.00509. The van der Waals surface area contributed by atoms with E-state index in [0.717, 1.165) is 48.2 Å². The molecule has 0 bridgehead atoms. The summed E-state index contributed by atoms with van der Waals surface area (Å²) in [5, 5.41) is 8.43. The minimum Gasteiger partial charge on any atom is -0.335 e. The number of carbonyl (C=O) groups excluding carboxylic acids is 1. The summed E-state index contributed by atoms with van der Waals surface area (Å²) < 4.78 is 0. The van der Waals surface area contributed by atoms with Crippen molar-refractivity contribution in [3.63, 3.8) is 0 Å². The van der Waals surface area contributed by atoms with Crippen molar-refractivity contribution in [1.29, 1.82) is 0 Å². The number of likely N-dealkylation sites (tertiary alicyclic amines) is 1. The van der Waals surface area contributed by atoms with Crippen LogP contribution in [0.15, 0.2) is 73.4 Å². The SMILES string of the molecule is Cc1cccc(-c2ncncc2C(=O)N2CCC[C@H]2Cc2cccc(-n3nccn3)c2)c1. The van der Waals surface area contributed by atoms with E-state index < -0.39 is 0 Å². The Balaban J connectivity index is 1.40. The molecule has 1 saturated heterocycles. The van der Waals surface area contributed by atoms with Gasteiger partial charge in [0.25, 0.3) is 5.91 Å². The maximum atomic E-state index is 13.6. The fraction of sp³-hybridized carbons (Fsp3) is 0.240. The van der Waals surface area contributed by atoms with Crippen LogP contribution in [0, 0.1) is 6.92 Å². The summed E-state index contributed by atoms with van der Waals surface area (Å²) in [4.78, 5) is 25.8. The van der Waals surface area contributed by atoms with Crippen molar-refractivity contribution in [2.45, 2.75) is 32.2 Å². The standard InChI is InChI=1S/C25H24N6O/c1-18-5-2-7-20(13-18)24-23(16-26-17-27-24)25(32)30-12-4-9-21(30)14-19-6-3-8-22(15-19)31-28-10-11-29-31/h2-3,5-8,10-11,13,15-17,21H,4,9,12,14H2,1H3/t21-/m0/s1. The molecule has 7 nitrogen and oxygen atoms in total. The Bertz CT molecular complexity index is 1240. The van der Waals surface area contributed by atoms with Gasteiger partial charge in [-0.1, -0.05) is 35.9 Å². The first-order valence-corrected chi connectivity index (χ1v) is 10.8. The molecule has 0 radical (unpaired) electrons. The quantitative estimate of drug-likeness (QED) is 0.486. The predicted molar refractivity (Wildman–Crippen MR) is 121 cm³/mol. The van der Waals surface area contributed by atoms with E-state index in [2.05, 4.69) is 38.4 Å². The molecule has 160 valence electrons. The van der Waals surface area contributed by atoms with Crippen molar-refractivity contribution in [2.75, 3.05) is 6.54 Å². The Hall–Kier alpha value is -3.87. The van der Waals surface area contributed by atoms with Gasteiger partial charge in [0.2, 0.25) is 0 Å². The number of hydrogen-bond acceptors (Lipinski definition) is 5. The third kappa shape index (κ3) is 4.01. The van der Waals surface area contributed by atoms with Crippen LogP contribution in [0.1, 0.15) is 34.3 Å². The summed E-state index contributed by atoms with van der Waals surface area (Å²) >= 11 is 0. The van der Waals surface area contributed by atoms with Crippen LogP contribution < -0.4 is 0 Å². The van der Waals surface area contributed by atoms with Gasteiger partial charge in [-0.05, 0) is 49.9 Å². The van der Waals surface area contributed by atoms with Gasteiger partial charge in [0.05, 0.1) is 29.3 Å². The third-order valence-electron chi connectivity index (χ3n) is 5.90. The second-order valence-corrected chi connectivity index (χ2v) is 8.14. The average Bonchev–Trinajstić information content (AvgIpc) is 3.51. The van der Waals surface area contributed by atoms with E-state index in [1.165, 1.54) is 6.33 Å². The van der Waals surface area contributed by atoms with Gasteiger partial charge in [0, 0.05) is 24.3 Å². The molecule has 2 aromatic heterocycles. The number of benzene rings is 2. The lowest BCUT2D eigenvalue weighted by atomic mass is 10.0. The van der Waals surface area contributed by atoms with E-state index in [0.29, 0.717) is 11.3 Å². The number of hydrogen-bond donors (Lipinski definition) is 0. The van der Waals surface area contributed by atoms with Crippen LogP contribution in [-0.4, -0.2) is 48.4 Å². The van der Waals surface area contributed by atoms with Crippen molar-refractivity contribution in [3.05, 3.63) is 90.1 Å². The number of aromatic nitrogens is 5. The zero-order valence-electron chi connectivity index (χ0n) is 17.9. The lowest BCUT2D eigenvalue weighted by molar-refractivity contribution is 0.0736. The van der Waals surface area contributed by atoms with Crippen LogP contribution in [0.4, 0.5) is 0 Å². The number of aryl methyl sites for hydroxylation is 1. The first kappa shape index (κ1) is 20.1. The Morgan fingerprint density at radius 2 is 1.94 bits per heavy atom. The van der Waals surface area contributed by atoms with Crippen LogP contribution in [0.2, 0.25) is 0 Å². The van der Waals surface area contributed by atoms with Gasteiger partial charge < -0.3 is 4.90 Å². The molecule has 1 fully saturated rings. The monoisotopic (exact) mass is 424 g/mol. The summed E-state index contributed by atoms with van der Waals surface area (Å²) in [6, 6.07) is 16.4. The normalized spacial score (nSPS) is 15.8. The molecular weight excluding hydrogens is 400 g/mol. The topological polar surface area (TPSA) is 76.8 Å². The van der Waals surface area contributed by atoms with E-state index in [-0.39, 0.29) is 11.9 Å². The third-order valence-corrected chi connectivity index (χ3v) is 5.90. The highest BCUT2D eigenvalue weighted by Gasteiger charge is 2.31. The van der Waals surface area contributed by atoms with E-state index in [4.69, 9.17) is 0 Å². The van der Waals surface area contributed by atoms with Gasteiger partial charge >= 0.3 is 0 Å². The van der Waals surface area contributed by atoms with Crippen LogP contribution in [0.25, 0.3) is 16.9 Å². The molecule has 1 aliphatic heterocycles. The first-order valence-electron chi connectivity index (χ1n) is 10.8. The molecule has 0 N–H and O–H groups in total. The number of carbonyl (C=O) groups is 1. The molecule has 7 heteroatoms. The highest BCUT2D eigenvalue weighted by molar-refractivity contribution is 6.00. The van der Waals surface area contributed by atoms with E-state index >= 15 is 0 Å². The molecule has 5 rings (SSSR count). The van der Waals surface area contributed by atoms with E-state index in [9.17, 15) is 4.79 Å². The molecule has 0 aliphatic carbocycles. The predicted octanol–water partition coefficient (Wildman–Crippen LogP) is 3.88. The lowest BCUT2D eigenvalue weighted by Crippen LogP contribution is -2.37. The molecule has 2 aromatic carbocycles. The Morgan fingerprint density at radius 1 is 1.09 bits per heavy atom. The first-order chi connectivity index (χ1) is 15.7. The van der Waals surface area contributed by atoms with Crippen molar-refractivity contribution in [3.8, 4) is 16.9 Å². The summed E-state index contributed by atoms with van der Waals surface area (Å²) in [7, 11) is 0. The van der Waals surface area contributed by atoms with Gasteiger partial charge in [-0.3, -0.25) is 4.79 Å². The van der Waals surface area contributed by atoms with Gasteiger partial charge in [0.1, 0.15) is 6.33 Å². The minimum absolute atomic E-state index is 0.00509. The fourth-order valence-electron chi connectivity index (χ4n) is 4.41. The van der Waals surface area contributed by atoms with Crippen LogP contribution in [0.3, 0.4) is 0 Å². The average molecular weight is 425 g/mol. The number of nitrogens with zero attached hydrogens (tertiary/aromatic N) is 6. The minimum atomic E-state index is -0.00509. The van der Waals surface area contributed by atoms with Crippen molar-refractivity contribution >= 4 is 5.91 Å².